The van der Waals surface area contributed by atoms with E-state index in [-0.39, 0.29) is 24.1 Å². The number of benzene rings is 1. The summed E-state index contributed by atoms with van der Waals surface area (Å²) < 4.78 is 22.4. The van der Waals surface area contributed by atoms with Crippen molar-refractivity contribution in [1.82, 2.24) is 4.90 Å². The SMILES string of the molecule is Cc1ccccc1[C@H]1C[C@H](C)N(C(=O)CCS(C)(=O)=O)C1. The van der Waals surface area contributed by atoms with E-state index >= 15 is 0 Å². The van der Waals surface area contributed by atoms with Gasteiger partial charge in [0, 0.05) is 31.2 Å². The highest BCUT2D eigenvalue weighted by molar-refractivity contribution is 7.90. The highest BCUT2D eigenvalue weighted by atomic mass is 32.2. The number of nitrogens with zero attached hydrogens (tertiary/aromatic N) is 1. The Morgan fingerprint density at radius 1 is 1.33 bits per heavy atom. The van der Waals surface area contributed by atoms with Gasteiger partial charge in [0.2, 0.25) is 5.91 Å². The van der Waals surface area contributed by atoms with Crippen molar-refractivity contribution in [3.05, 3.63) is 35.4 Å². The lowest BCUT2D eigenvalue weighted by Gasteiger charge is -2.21. The van der Waals surface area contributed by atoms with E-state index in [1.165, 1.54) is 17.4 Å². The fourth-order valence-corrected chi connectivity index (χ4v) is 3.61. The molecular weight excluding hydrogens is 286 g/mol. The Morgan fingerprint density at radius 2 is 2.00 bits per heavy atom. The molecule has 0 saturated carbocycles. The summed E-state index contributed by atoms with van der Waals surface area (Å²) in [6.45, 7) is 4.82. The van der Waals surface area contributed by atoms with Gasteiger partial charge in [-0.3, -0.25) is 4.79 Å². The van der Waals surface area contributed by atoms with Gasteiger partial charge in [0.25, 0.3) is 0 Å². The molecule has 1 saturated heterocycles. The Kier molecular flexibility index (Phi) is 4.71. The summed E-state index contributed by atoms with van der Waals surface area (Å²) in [6.07, 6.45) is 2.20. The Labute approximate surface area is 127 Å². The first kappa shape index (κ1) is 16.0. The molecule has 1 aromatic carbocycles. The molecule has 1 fully saturated rings. The largest absolute Gasteiger partial charge is 0.339 e. The van der Waals surface area contributed by atoms with Crippen LogP contribution in [-0.2, 0) is 14.6 Å². The molecule has 0 aliphatic carbocycles. The van der Waals surface area contributed by atoms with Crippen LogP contribution in [0.25, 0.3) is 0 Å². The van der Waals surface area contributed by atoms with Crippen LogP contribution in [-0.4, -0.2) is 43.8 Å². The molecule has 1 aliphatic rings. The maximum atomic E-state index is 12.2. The van der Waals surface area contributed by atoms with Gasteiger partial charge < -0.3 is 4.90 Å². The minimum absolute atomic E-state index is 0.0518. The van der Waals surface area contributed by atoms with Gasteiger partial charge in [-0.1, -0.05) is 24.3 Å². The second-order valence-electron chi connectivity index (χ2n) is 6.06. The fourth-order valence-electron chi connectivity index (χ4n) is 3.07. The molecule has 0 unspecified atom stereocenters. The molecule has 0 N–H and O–H groups in total. The van der Waals surface area contributed by atoms with E-state index in [1.54, 1.807) is 0 Å². The first-order valence-electron chi connectivity index (χ1n) is 7.30. The third-order valence-corrected chi connectivity index (χ3v) is 5.16. The maximum Gasteiger partial charge on any atom is 0.223 e. The maximum absolute atomic E-state index is 12.2. The van der Waals surface area contributed by atoms with Gasteiger partial charge in [-0.2, -0.15) is 0 Å². The van der Waals surface area contributed by atoms with E-state index in [9.17, 15) is 13.2 Å². The lowest BCUT2D eigenvalue weighted by atomic mass is 9.93. The molecule has 0 bridgehead atoms. The predicted octanol–water partition coefficient (Wildman–Crippen LogP) is 2.13. The monoisotopic (exact) mass is 309 g/mol. The highest BCUT2D eigenvalue weighted by Gasteiger charge is 2.33. The van der Waals surface area contributed by atoms with Gasteiger partial charge in [0.15, 0.2) is 0 Å². The third-order valence-electron chi connectivity index (χ3n) is 4.21. The molecule has 2 atom stereocenters. The van der Waals surface area contributed by atoms with E-state index < -0.39 is 9.84 Å². The molecule has 116 valence electrons. The average Bonchev–Trinajstić information content (AvgIpc) is 2.77. The molecule has 0 aromatic heterocycles. The number of hydrogen-bond acceptors (Lipinski definition) is 3. The van der Waals surface area contributed by atoms with Gasteiger partial charge in [-0.25, -0.2) is 8.42 Å². The lowest BCUT2D eigenvalue weighted by molar-refractivity contribution is -0.131. The molecule has 4 nitrogen and oxygen atoms in total. The zero-order chi connectivity index (χ0) is 15.6. The number of likely N-dealkylation sites (tertiary alicyclic amines) is 1. The zero-order valence-corrected chi connectivity index (χ0v) is 13.7. The van der Waals surface area contributed by atoms with Gasteiger partial charge in [-0.05, 0) is 31.4 Å². The van der Waals surface area contributed by atoms with Crippen LogP contribution in [0.4, 0.5) is 0 Å². The fraction of sp³-hybridized carbons (Fsp3) is 0.562. The number of sulfone groups is 1. The molecule has 5 heteroatoms. The molecule has 0 radical (unpaired) electrons. The van der Waals surface area contributed by atoms with E-state index in [4.69, 9.17) is 0 Å². The third kappa shape index (κ3) is 4.06. The summed E-state index contributed by atoms with van der Waals surface area (Å²) in [5.74, 6) is 0.233. The Morgan fingerprint density at radius 3 is 2.62 bits per heavy atom. The van der Waals surface area contributed by atoms with Gasteiger partial charge in [0.1, 0.15) is 9.84 Å². The average molecular weight is 309 g/mol. The van der Waals surface area contributed by atoms with E-state index in [0.717, 1.165) is 6.42 Å². The molecule has 2 rings (SSSR count). The first-order chi connectivity index (χ1) is 9.78. The summed E-state index contributed by atoms with van der Waals surface area (Å²) >= 11 is 0. The van der Waals surface area contributed by atoms with Crippen LogP contribution >= 0.6 is 0 Å². The predicted molar refractivity (Wildman–Crippen MR) is 84.0 cm³/mol. The standard InChI is InChI=1S/C16H23NO3S/c1-12-6-4-5-7-15(12)14-10-13(2)17(11-14)16(18)8-9-21(3,19)20/h4-7,13-14H,8-11H2,1-3H3/t13-,14-/m0/s1. The summed E-state index contributed by atoms with van der Waals surface area (Å²) in [7, 11) is -3.09. The Balaban J connectivity index is 2.04. The second kappa shape index (κ2) is 6.18. The van der Waals surface area contributed by atoms with Crippen LogP contribution in [0, 0.1) is 6.92 Å². The van der Waals surface area contributed by atoms with Crippen molar-refractivity contribution in [3.63, 3.8) is 0 Å². The number of carbonyl (C=O) groups excluding carboxylic acids is 1. The molecule has 21 heavy (non-hydrogen) atoms. The molecular formula is C16H23NO3S. The topological polar surface area (TPSA) is 54.5 Å². The van der Waals surface area contributed by atoms with E-state index in [2.05, 4.69) is 19.1 Å². The number of aryl methyl sites for hydroxylation is 1. The molecule has 1 aromatic rings. The van der Waals surface area contributed by atoms with E-state index in [0.29, 0.717) is 12.5 Å². The van der Waals surface area contributed by atoms with Crippen LogP contribution in [0.2, 0.25) is 0 Å². The Hall–Kier alpha value is -1.36. The summed E-state index contributed by atoms with van der Waals surface area (Å²) in [5.41, 5.74) is 2.54. The van der Waals surface area contributed by atoms with Crippen LogP contribution in [0.3, 0.4) is 0 Å². The molecule has 1 heterocycles. The Bertz CT molecular complexity index is 624. The van der Waals surface area contributed by atoms with Crippen LogP contribution < -0.4 is 0 Å². The van der Waals surface area contributed by atoms with Crippen LogP contribution in [0.5, 0.6) is 0 Å². The van der Waals surface area contributed by atoms with Gasteiger partial charge >= 0.3 is 0 Å². The van der Waals surface area contributed by atoms with Crippen LogP contribution in [0.1, 0.15) is 36.8 Å². The van der Waals surface area contributed by atoms with Crippen molar-refractivity contribution in [1.29, 1.82) is 0 Å². The van der Waals surface area contributed by atoms with Gasteiger partial charge in [-0.15, -0.1) is 0 Å². The van der Waals surface area contributed by atoms with Crippen molar-refractivity contribution in [2.24, 2.45) is 0 Å². The summed E-state index contributed by atoms with van der Waals surface area (Å²) in [4.78, 5) is 14.1. The van der Waals surface area contributed by atoms with Crippen molar-refractivity contribution in [2.75, 3.05) is 18.6 Å². The van der Waals surface area contributed by atoms with Gasteiger partial charge in [0.05, 0.1) is 5.75 Å². The minimum Gasteiger partial charge on any atom is -0.339 e. The van der Waals surface area contributed by atoms with Crippen molar-refractivity contribution < 1.29 is 13.2 Å². The lowest BCUT2D eigenvalue weighted by Crippen LogP contribution is -2.34. The quantitative estimate of drug-likeness (QED) is 0.856. The van der Waals surface area contributed by atoms with Crippen molar-refractivity contribution in [2.45, 2.75) is 38.6 Å². The van der Waals surface area contributed by atoms with Crippen molar-refractivity contribution >= 4 is 15.7 Å². The minimum atomic E-state index is -3.09. The summed E-state index contributed by atoms with van der Waals surface area (Å²) in [5, 5.41) is 0. The number of carbonyl (C=O) groups is 1. The summed E-state index contributed by atoms with van der Waals surface area (Å²) in [6, 6.07) is 8.43. The molecule has 1 aliphatic heterocycles. The smallest absolute Gasteiger partial charge is 0.223 e. The number of hydrogen-bond donors (Lipinski definition) is 0. The number of amides is 1. The second-order valence-corrected chi connectivity index (χ2v) is 8.32. The molecule has 1 amide bonds. The zero-order valence-electron chi connectivity index (χ0n) is 12.9. The first-order valence-corrected chi connectivity index (χ1v) is 9.36. The highest BCUT2D eigenvalue weighted by Crippen LogP contribution is 2.33. The molecule has 0 spiro atoms. The number of rotatable bonds is 4. The van der Waals surface area contributed by atoms with E-state index in [1.807, 2.05) is 24.0 Å². The normalized spacial score (nSPS) is 22.5. The van der Waals surface area contributed by atoms with Crippen LogP contribution in [0.15, 0.2) is 24.3 Å². The van der Waals surface area contributed by atoms with Crippen molar-refractivity contribution in [3.8, 4) is 0 Å².